The number of nitro groups is 1. The third kappa shape index (κ3) is 3.88. The van der Waals surface area contributed by atoms with E-state index in [4.69, 9.17) is 0 Å². The summed E-state index contributed by atoms with van der Waals surface area (Å²) in [4.78, 5) is 10.1. The fourth-order valence-corrected chi connectivity index (χ4v) is 3.73. The minimum atomic E-state index is -3.83. The van der Waals surface area contributed by atoms with Crippen LogP contribution in [0.25, 0.3) is 0 Å². The zero-order chi connectivity index (χ0) is 17.0. The molecule has 0 aliphatic rings. The molecular formula is C15H13IN2O4S. The number of benzene rings is 2. The van der Waals surface area contributed by atoms with Crippen molar-refractivity contribution in [2.45, 2.75) is 4.90 Å². The lowest BCUT2D eigenvalue weighted by Crippen LogP contribution is -2.31. The normalized spacial score (nSPS) is 11.0. The maximum Gasteiger partial charge on any atom is 0.269 e. The number of anilines is 1. The molecule has 2 rings (SSSR count). The van der Waals surface area contributed by atoms with Gasteiger partial charge in [0, 0.05) is 15.7 Å². The Morgan fingerprint density at radius 3 is 2.17 bits per heavy atom. The predicted octanol–water partition coefficient (Wildman–Crippen LogP) is 3.58. The zero-order valence-corrected chi connectivity index (χ0v) is 14.9. The summed E-state index contributed by atoms with van der Waals surface area (Å²) in [6.07, 6.45) is 1.49. The molecule has 8 heteroatoms. The lowest BCUT2D eigenvalue weighted by atomic mass is 10.3. The average Bonchev–Trinajstić information content (AvgIpc) is 2.53. The van der Waals surface area contributed by atoms with Crippen LogP contribution in [-0.2, 0) is 10.0 Å². The van der Waals surface area contributed by atoms with E-state index in [1.165, 1.54) is 34.6 Å². The molecule has 0 atom stereocenters. The van der Waals surface area contributed by atoms with Crippen molar-refractivity contribution in [2.24, 2.45) is 0 Å². The Morgan fingerprint density at radius 1 is 1.13 bits per heavy atom. The first-order valence-corrected chi connectivity index (χ1v) is 9.02. The van der Waals surface area contributed by atoms with E-state index >= 15 is 0 Å². The molecule has 0 fully saturated rings. The Labute approximate surface area is 147 Å². The van der Waals surface area contributed by atoms with Crippen molar-refractivity contribution in [1.29, 1.82) is 0 Å². The largest absolute Gasteiger partial charge is 0.269 e. The molecule has 0 aliphatic heterocycles. The van der Waals surface area contributed by atoms with Gasteiger partial charge in [-0.2, -0.15) is 0 Å². The van der Waals surface area contributed by atoms with Gasteiger partial charge in [0.1, 0.15) is 0 Å². The molecule has 2 aromatic carbocycles. The second kappa shape index (κ2) is 7.09. The molecule has 0 saturated heterocycles. The van der Waals surface area contributed by atoms with Crippen molar-refractivity contribution >= 4 is 44.0 Å². The number of nitro benzene ring substituents is 1. The van der Waals surface area contributed by atoms with Crippen LogP contribution < -0.4 is 4.31 Å². The summed E-state index contributed by atoms with van der Waals surface area (Å²) in [7, 11) is -3.83. The summed E-state index contributed by atoms with van der Waals surface area (Å²) in [5.74, 6) is 0. The molecule has 0 heterocycles. The Kier molecular flexibility index (Phi) is 5.37. The second-order valence-electron chi connectivity index (χ2n) is 4.55. The quantitative estimate of drug-likeness (QED) is 0.295. The first-order valence-electron chi connectivity index (χ1n) is 6.50. The number of non-ortho nitro benzene ring substituents is 1. The highest BCUT2D eigenvalue weighted by atomic mass is 127. The lowest BCUT2D eigenvalue weighted by Gasteiger charge is -2.23. The van der Waals surface area contributed by atoms with Gasteiger partial charge in [0.15, 0.2) is 0 Å². The maximum atomic E-state index is 12.8. The number of nitrogens with zero attached hydrogens (tertiary/aromatic N) is 2. The maximum absolute atomic E-state index is 12.8. The molecule has 2 aromatic rings. The van der Waals surface area contributed by atoms with Crippen LogP contribution in [0.1, 0.15) is 0 Å². The van der Waals surface area contributed by atoms with E-state index in [2.05, 4.69) is 29.2 Å². The molecule has 0 amide bonds. The monoisotopic (exact) mass is 444 g/mol. The van der Waals surface area contributed by atoms with Gasteiger partial charge in [-0.3, -0.25) is 14.4 Å². The third-order valence-electron chi connectivity index (χ3n) is 3.05. The SMILES string of the molecule is C=CCN(c1ccc(I)cc1)S(=O)(=O)c1ccc([N+](=O)[O-])cc1. The topological polar surface area (TPSA) is 80.5 Å². The van der Waals surface area contributed by atoms with Crippen LogP contribution in [0, 0.1) is 13.7 Å². The Balaban J connectivity index is 2.45. The van der Waals surface area contributed by atoms with Gasteiger partial charge in [0.2, 0.25) is 0 Å². The van der Waals surface area contributed by atoms with Gasteiger partial charge in [-0.05, 0) is 59.0 Å². The minimum Gasteiger partial charge on any atom is -0.263 e. The van der Waals surface area contributed by atoms with Crippen LogP contribution in [0.5, 0.6) is 0 Å². The number of halogens is 1. The fourth-order valence-electron chi connectivity index (χ4n) is 1.93. The third-order valence-corrected chi connectivity index (χ3v) is 5.57. The summed E-state index contributed by atoms with van der Waals surface area (Å²) in [5.41, 5.74) is 0.345. The van der Waals surface area contributed by atoms with E-state index in [-0.39, 0.29) is 17.1 Å². The molecule has 0 aliphatic carbocycles. The fraction of sp³-hybridized carbons (Fsp3) is 0.0667. The van der Waals surface area contributed by atoms with Crippen molar-refractivity contribution in [3.05, 3.63) is 74.9 Å². The van der Waals surface area contributed by atoms with Gasteiger partial charge >= 0.3 is 0 Å². The molecule has 6 nitrogen and oxygen atoms in total. The van der Waals surface area contributed by atoms with Gasteiger partial charge in [-0.15, -0.1) is 6.58 Å². The van der Waals surface area contributed by atoms with Crippen LogP contribution in [-0.4, -0.2) is 19.9 Å². The zero-order valence-electron chi connectivity index (χ0n) is 11.9. The molecule has 0 aromatic heterocycles. The van der Waals surface area contributed by atoms with Crippen molar-refractivity contribution < 1.29 is 13.3 Å². The van der Waals surface area contributed by atoms with Crippen molar-refractivity contribution in [2.75, 3.05) is 10.8 Å². The van der Waals surface area contributed by atoms with Crippen molar-refractivity contribution in [3.63, 3.8) is 0 Å². The van der Waals surface area contributed by atoms with E-state index in [0.29, 0.717) is 5.69 Å². The number of rotatable bonds is 6. The molecule has 0 radical (unpaired) electrons. The number of hydrogen-bond donors (Lipinski definition) is 0. The highest BCUT2D eigenvalue weighted by Crippen LogP contribution is 2.25. The lowest BCUT2D eigenvalue weighted by molar-refractivity contribution is -0.384. The molecule has 0 unspecified atom stereocenters. The Hall–Kier alpha value is -1.94. The van der Waals surface area contributed by atoms with Gasteiger partial charge in [-0.1, -0.05) is 6.08 Å². The smallest absolute Gasteiger partial charge is 0.263 e. The summed E-state index contributed by atoms with van der Waals surface area (Å²) in [6.45, 7) is 3.69. The van der Waals surface area contributed by atoms with E-state index in [1.807, 2.05) is 0 Å². The molecule has 0 spiro atoms. The first-order chi connectivity index (χ1) is 10.9. The average molecular weight is 444 g/mol. The Bertz CT molecular complexity index is 818. The summed E-state index contributed by atoms with van der Waals surface area (Å²) in [5, 5.41) is 10.7. The molecular weight excluding hydrogens is 431 g/mol. The first kappa shape index (κ1) is 17.4. The molecule has 0 N–H and O–H groups in total. The standard InChI is InChI=1S/C15H13IN2O4S/c1-2-11-17(13-5-3-12(16)4-6-13)23(21,22)15-9-7-14(8-10-15)18(19)20/h2-10H,1,11H2. The van der Waals surface area contributed by atoms with Gasteiger partial charge in [0.05, 0.1) is 22.1 Å². The second-order valence-corrected chi connectivity index (χ2v) is 7.66. The van der Waals surface area contributed by atoms with Crippen LogP contribution in [0.15, 0.2) is 66.1 Å². The van der Waals surface area contributed by atoms with Crippen LogP contribution in [0.3, 0.4) is 0 Å². The van der Waals surface area contributed by atoms with E-state index in [0.717, 1.165) is 3.57 Å². The number of sulfonamides is 1. The van der Waals surface area contributed by atoms with E-state index < -0.39 is 14.9 Å². The van der Waals surface area contributed by atoms with Gasteiger partial charge in [-0.25, -0.2) is 8.42 Å². The highest BCUT2D eigenvalue weighted by Gasteiger charge is 2.24. The Morgan fingerprint density at radius 2 is 1.70 bits per heavy atom. The number of hydrogen-bond acceptors (Lipinski definition) is 4. The van der Waals surface area contributed by atoms with E-state index in [1.54, 1.807) is 24.3 Å². The molecule has 0 saturated carbocycles. The van der Waals surface area contributed by atoms with Crippen LogP contribution in [0.4, 0.5) is 11.4 Å². The van der Waals surface area contributed by atoms with Crippen LogP contribution >= 0.6 is 22.6 Å². The molecule has 120 valence electrons. The van der Waals surface area contributed by atoms with Gasteiger partial charge in [0.25, 0.3) is 15.7 Å². The minimum absolute atomic E-state index is 0.0106. The summed E-state index contributed by atoms with van der Waals surface area (Å²) >= 11 is 2.13. The van der Waals surface area contributed by atoms with E-state index in [9.17, 15) is 18.5 Å². The van der Waals surface area contributed by atoms with Crippen LogP contribution in [0.2, 0.25) is 0 Å². The molecule has 0 bridgehead atoms. The van der Waals surface area contributed by atoms with Crippen molar-refractivity contribution in [3.8, 4) is 0 Å². The summed E-state index contributed by atoms with van der Waals surface area (Å²) in [6, 6.07) is 11.8. The molecule has 23 heavy (non-hydrogen) atoms. The highest BCUT2D eigenvalue weighted by molar-refractivity contribution is 14.1. The predicted molar refractivity (Wildman–Crippen MR) is 97.0 cm³/mol. The van der Waals surface area contributed by atoms with Gasteiger partial charge < -0.3 is 0 Å². The van der Waals surface area contributed by atoms with Crippen molar-refractivity contribution in [1.82, 2.24) is 0 Å². The summed E-state index contributed by atoms with van der Waals surface area (Å²) < 4.78 is 27.8.